The van der Waals surface area contributed by atoms with Crippen LogP contribution in [0.25, 0.3) is 0 Å². The number of hydrogen-bond donors (Lipinski definition) is 0. The van der Waals surface area contributed by atoms with Gasteiger partial charge in [-0.3, -0.25) is 4.18 Å². The van der Waals surface area contributed by atoms with E-state index in [9.17, 15) is 8.42 Å². The monoisotopic (exact) mass is 307 g/mol. The molecule has 5 nitrogen and oxygen atoms in total. The highest BCUT2D eigenvalue weighted by Gasteiger charge is 2.22. The van der Waals surface area contributed by atoms with Gasteiger partial charge >= 0.3 is 0 Å². The van der Waals surface area contributed by atoms with E-state index in [1.54, 1.807) is 37.4 Å². The molecule has 1 heterocycles. The van der Waals surface area contributed by atoms with Crippen LogP contribution in [0.4, 0.5) is 0 Å². The Morgan fingerprint density at radius 1 is 1.14 bits per heavy atom. The molecule has 2 rings (SSSR count). The highest BCUT2D eigenvalue weighted by Crippen LogP contribution is 2.28. The van der Waals surface area contributed by atoms with Crippen LogP contribution >= 0.6 is 0 Å². The van der Waals surface area contributed by atoms with Gasteiger partial charge < -0.3 is 4.74 Å². The third-order valence-electron chi connectivity index (χ3n) is 3.01. The number of aryl methyl sites for hydroxylation is 1. The van der Waals surface area contributed by atoms with Crippen LogP contribution in [-0.4, -0.2) is 20.5 Å². The maximum Gasteiger partial charge on any atom is 0.297 e. The number of ether oxygens (including phenoxy) is 1. The highest BCUT2D eigenvalue weighted by atomic mass is 32.2. The van der Waals surface area contributed by atoms with Gasteiger partial charge in [0.15, 0.2) is 0 Å². The summed E-state index contributed by atoms with van der Waals surface area (Å²) in [4.78, 5) is 4.16. The molecule has 21 heavy (non-hydrogen) atoms. The summed E-state index contributed by atoms with van der Waals surface area (Å²) in [7, 11) is -2.35. The number of nitrogens with zero attached hydrogens (tertiary/aromatic N) is 1. The van der Waals surface area contributed by atoms with Crippen LogP contribution in [0, 0.1) is 6.92 Å². The predicted molar refractivity (Wildman–Crippen MR) is 78.7 cm³/mol. The van der Waals surface area contributed by atoms with E-state index >= 15 is 0 Å². The number of hydrogen-bond acceptors (Lipinski definition) is 5. The number of benzene rings is 1. The Labute approximate surface area is 124 Å². The molecule has 0 spiro atoms. The second-order valence-corrected chi connectivity index (χ2v) is 6.18. The normalized spacial score (nSPS) is 12.9. The fraction of sp³-hybridized carbons (Fsp3) is 0.267. The summed E-state index contributed by atoms with van der Waals surface area (Å²) >= 11 is 0. The first-order valence-electron chi connectivity index (χ1n) is 6.43. The molecule has 1 aromatic heterocycles. The Morgan fingerprint density at radius 2 is 1.81 bits per heavy atom. The zero-order chi connectivity index (χ0) is 15.5. The number of pyridine rings is 1. The van der Waals surface area contributed by atoms with E-state index in [-0.39, 0.29) is 4.90 Å². The Morgan fingerprint density at radius 3 is 2.43 bits per heavy atom. The van der Waals surface area contributed by atoms with Gasteiger partial charge in [-0.2, -0.15) is 8.42 Å². The summed E-state index contributed by atoms with van der Waals surface area (Å²) in [6, 6.07) is 9.93. The van der Waals surface area contributed by atoms with Crippen LogP contribution < -0.4 is 4.74 Å². The van der Waals surface area contributed by atoms with Gasteiger partial charge in [0.05, 0.1) is 12.0 Å². The van der Waals surface area contributed by atoms with Gasteiger partial charge in [0.2, 0.25) is 5.88 Å². The Hall–Kier alpha value is -1.92. The molecule has 112 valence electrons. The van der Waals surface area contributed by atoms with Crippen molar-refractivity contribution in [3.63, 3.8) is 0 Å². The molecule has 0 fully saturated rings. The van der Waals surface area contributed by atoms with E-state index in [0.717, 1.165) is 5.56 Å². The molecule has 0 radical (unpaired) electrons. The summed E-state index contributed by atoms with van der Waals surface area (Å²) in [5.74, 6) is 0.351. The van der Waals surface area contributed by atoms with Gasteiger partial charge in [-0.25, -0.2) is 4.98 Å². The third kappa shape index (κ3) is 3.59. The standard InChI is InChI=1S/C15H17NO4S/c1-11-6-8-13(9-7-11)21(17,18)20-12(2)14-5-4-10-16-15(14)19-3/h4-10,12H,1-3H3. The molecule has 6 heteroatoms. The van der Waals surface area contributed by atoms with Crippen molar-refractivity contribution < 1.29 is 17.3 Å². The summed E-state index contributed by atoms with van der Waals surface area (Å²) < 4.78 is 34.8. The second kappa shape index (κ2) is 6.24. The van der Waals surface area contributed by atoms with Crippen molar-refractivity contribution in [2.45, 2.75) is 24.8 Å². The van der Waals surface area contributed by atoms with Gasteiger partial charge in [-0.15, -0.1) is 0 Å². The average Bonchev–Trinajstić information content (AvgIpc) is 2.47. The highest BCUT2D eigenvalue weighted by molar-refractivity contribution is 7.86. The lowest BCUT2D eigenvalue weighted by Gasteiger charge is -2.15. The predicted octanol–water partition coefficient (Wildman–Crippen LogP) is 2.87. The Balaban J connectivity index is 2.25. The lowest BCUT2D eigenvalue weighted by Crippen LogP contribution is -2.11. The van der Waals surface area contributed by atoms with Crippen LogP contribution in [0.3, 0.4) is 0 Å². The van der Waals surface area contributed by atoms with E-state index in [1.165, 1.54) is 19.2 Å². The lowest BCUT2D eigenvalue weighted by atomic mass is 10.2. The molecule has 0 amide bonds. The molecule has 0 saturated heterocycles. The van der Waals surface area contributed by atoms with Crippen molar-refractivity contribution in [2.75, 3.05) is 7.11 Å². The molecule has 0 saturated carbocycles. The SMILES string of the molecule is COc1ncccc1C(C)OS(=O)(=O)c1ccc(C)cc1. The molecule has 1 atom stereocenters. The molecule has 0 aliphatic carbocycles. The van der Waals surface area contributed by atoms with Crippen molar-refractivity contribution in [2.24, 2.45) is 0 Å². The molecule has 0 bridgehead atoms. The average molecular weight is 307 g/mol. The van der Waals surface area contributed by atoms with E-state index in [4.69, 9.17) is 8.92 Å². The van der Waals surface area contributed by atoms with Crippen molar-refractivity contribution in [1.29, 1.82) is 0 Å². The van der Waals surface area contributed by atoms with Gasteiger partial charge in [-0.05, 0) is 38.1 Å². The molecule has 0 N–H and O–H groups in total. The fourth-order valence-corrected chi connectivity index (χ4v) is 2.95. The maximum atomic E-state index is 12.2. The molecule has 0 aliphatic heterocycles. The quantitative estimate of drug-likeness (QED) is 0.795. The van der Waals surface area contributed by atoms with E-state index in [0.29, 0.717) is 11.4 Å². The van der Waals surface area contributed by atoms with Gasteiger partial charge in [0.25, 0.3) is 10.1 Å². The Bertz CT molecular complexity index is 711. The maximum absolute atomic E-state index is 12.2. The van der Waals surface area contributed by atoms with Crippen LogP contribution in [-0.2, 0) is 14.3 Å². The fourth-order valence-electron chi connectivity index (χ4n) is 1.89. The van der Waals surface area contributed by atoms with Crippen LogP contribution in [0.2, 0.25) is 0 Å². The zero-order valence-electron chi connectivity index (χ0n) is 12.1. The summed E-state index contributed by atoms with van der Waals surface area (Å²) in [6.07, 6.45) is 0.878. The van der Waals surface area contributed by atoms with Gasteiger partial charge in [-0.1, -0.05) is 17.7 Å². The van der Waals surface area contributed by atoms with Crippen LogP contribution in [0.5, 0.6) is 5.88 Å². The first-order chi connectivity index (χ1) is 9.94. The minimum atomic E-state index is -3.83. The number of rotatable bonds is 5. The first-order valence-corrected chi connectivity index (χ1v) is 7.83. The van der Waals surface area contributed by atoms with Gasteiger partial charge in [0, 0.05) is 11.8 Å². The van der Waals surface area contributed by atoms with E-state index < -0.39 is 16.2 Å². The lowest BCUT2D eigenvalue weighted by molar-refractivity contribution is 0.226. The molecule has 0 aliphatic rings. The van der Waals surface area contributed by atoms with Crippen molar-refractivity contribution in [3.05, 3.63) is 53.7 Å². The molecule has 1 aromatic carbocycles. The van der Waals surface area contributed by atoms with Crippen molar-refractivity contribution >= 4 is 10.1 Å². The smallest absolute Gasteiger partial charge is 0.297 e. The second-order valence-electron chi connectivity index (χ2n) is 4.61. The first kappa shape index (κ1) is 15.5. The summed E-state index contributed by atoms with van der Waals surface area (Å²) in [6.45, 7) is 3.53. The largest absolute Gasteiger partial charge is 0.481 e. The van der Waals surface area contributed by atoms with E-state index in [1.807, 2.05) is 6.92 Å². The minimum Gasteiger partial charge on any atom is -0.481 e. The van der Waals surface area contributed by atoms with Crippen molar-refractivity contribution in [3.8, 4) is 5.88 Å². The third-order valence-corrected chi connectivity index (χ3v) is 4.40. The van der Waals surface area contributed by atoms with Crippen molar-refractivity contribution in [1.82, 2.24) is 4.98 Å². The number of methoxy groups -OCH3 is 1. The topological polar surface area (TPSA) is 65.5 Å². The summed E-state index contributed by atoms with van der Waals surface area (Å²) in [5.41, 5.74) is 1.56. The van der Waals surface area contributed by atoms with E-state index in [2.05, 4.69) is 4.98 Å². The molecule has 2 aromatic rings. The minimum absolute atomic E-state index is 0.128. The summed E-state index contributed by atoms with van der Waals surface area (Å²) in [5, 5.41) is 0. The molecular formula is C15H17NO4S. The van der Waals surface area contributed by atoms with Gasteiger partial charge in [0.1, 0.15) is 6.10 Å². The molecular weight excluding hydrogens is 290 g/mol. The van der Waals surface area contributed by atoms with Crippen LogP contribution in [0.1, 0.15) is 24.2 Å². The number of aromatic nitrogens is 1. The zero-order valence-corrected chi connectivity index (χ0v) is 12.9. The molecule has 1 unspecified atom stereocenters. The van der Waals surface area contributed by atoms with Crippen LogP contribution in [0.15, 0.2) is 47.5 Å². The Kier molecular flexibility index (Phi) is 4.59.